The number of para-hydroxylation sites is 1. The van der Waals surface area contributed by atoms with E-state index in [1.54, 1.807) is 18.0 Å². The second kappa shape index (κ2) is 8.54. The minimum atomic E-state index is 0.0928. The largest absolute Gasteiger partial charge is 0.337 e. The predicted octanol–water partition coefficient (Wildman–Crippen LogP) is 6.54. The van der Waals surface area contributed by atoms with Crippen LogP contribution >= 0.6 is 23.5 Å². The molecule has 5 nitrogen and oxygen atoms in total. The average molecular weight is 473 g/mol. The Bertz CT molecular complexity index is 1310. The molecule has 1 saturated heterocycles. The third-order valence-electron chi connectivity index (χ3n) is 6.50. The molecule has 7 heteroatoms. The molecule has 0 N–H and O–H groups in total. The van der Waals surface area contributed by atoms with Gasteiger partial charge in [0.1, 0.15) is 4.91 Å². The van der Waals surface area contributed by atoms with Crippen molar-refractivity contribution < 1.29 is 4.79 Å². The average Bonchev–Trinajstić information content (AvgIpc) is 3.35. The molecule has 0 atom stereocenters. The van der Waals surface area contributed by atoms with E-state index in [0.717, 1.165) is 50.2 Å². The predicted molar refractivity (Wildman–Crippen MR) is 138 cm³/mol. The van der Waals surface area contributed by atoms with Gasteiger partial charge in [0.2, 0.25) is 0 Å². The van der Waals surface area contributed by atoms with Crippen molar-refractivity contribution >= 4 is 56.9 Å². The Hall–Kier alpha value is -2.77. The topological polar surface area (TPSA) is 48.8 Å². The Morgan fingerprint density at radius 3 is 2.70 bits per heavy atom. The summed E-state index contributed by atoms with van der Waals surface area (Å²) < 4.78 is 0. The van der Waals surface area contributed by atoms with Crippen LogP contribution in [-0.2, 0) is 4.79 Å². The molecule has 3 aliphatic rings. The van der Waals surface area contributed by atoms with Crippen molar-refractivity contribution in [1.29, 1.82) is 0 Å². The fraction of sp³-hybridized carbons (Fsp3) is 0.269. The maximum Gasteiger partial charge on any atom is 0.269 e. The number of amides is 1. The molecule has 0 spiro atoms. The van der Waals surface area contributed by atoms with Crippen LogP contribution in [0.4, 0.5) is 11.4 Å². The maximum absolute atomic E-state index is 13.8. The molecule has 1 saturated carbocycles. The summed E-state index contributed by atoms with van der Waals surface area (Å²) in [5.41, 5.74) is 2.95. The highest BCUT2D eigenvalue weighted by molar-refractivity contribution is 8.19. The standard InChI is InChI=1S/C26H24N4OS2/c1-29-21-11-5-6-12-22(21)32-25(29)23-24(31)30(19-9-3-2-4-10-19)26(33-23)28-18-13-14-20-17(16-18)8-7-15-27-20/h5-8,11-16,19H,2-4,9-10H2,1H3. The van der Waals surface area contributed by atoms with Crippen molar-refractivity contribution in [3.63, 3.8) is 0 Å². The van der Waals surface area contributed by atoms with Crippen LogP contribution in [0.5, 0.6) is 0 Å². The monoisotopic (exact) mass is 472 g/mol. The van der Waals surface area contributed by atoms with Gasteiger partial charge in [-0.25, -0.2) is 4.99 Å². The number of nitrogens with zero attached hydrogens (tertiary/aromatic N) is 4. The number of pyridine rings is 1. The van der Waals surface area contributed by atoms with E-state index in [9.17, 15) is 4.79 Å². The molecule has 3 heterocycles. The van der Waals surface area contributed by atoms with Gasteiger partial charge in [0.15, 0.2) is 5.17 Å². The number of aliphatic imine (C=N–C) groups is 1. The minimum Gasteiger partial charge on any atom is -0.337 e. The summed E-state index contributed by atoms with van der Waals surface area (Å²) in [6.45, 7) is 0. The van der Waals surface area contributed by atoms with E-state index in [0.29, 0.717) is 0 Å². The van der Waals surface area contributed by atoms with Crippen LogP contribution in [0.1, 0.15) is 32.1 Å². The van der Waals surface area contributed by atoms with Gasteiger partial charge in [-0.3, -0.25) is 14.7 Å². The first-order valence-corrected chi connectivity index (χ1v) is 13.0. The van der Waals surface area contributed by atoms with Crippen LogP contribution in [0.25, 0.3) is 10.9 Å². The fourth-order valence-electron chi connectivity index (χ4n) is 4.80. The molecule has 166 valence electrons. The van der Waals surface area contributed by atoms with Crippen LogP contribution in [0.15, 0.2) is 80.6 Å². The number of fused-ring (bicyclic) bond motifs is 2. The number of carbonyl (C=O) groups excluding carboxylic acids is 1. The highest BCUT2D eigenvalue weighted by Gasteiger charge is 2.42. The zero-order valence-corrected chi connectivity index (χ0v) is 20.0. The fourth-order valence-corrected chi connectivity index (χ4v) is 7.20. The van der Waals surface area contributed by atoms with E-state index in [4.69, 9.17) is 4.99 Å². The van der Waals surface area contributed by atoms with E-state index in [1.807, 2.05) is 48.3 Å². The highest BCUT2D eigenvalue weighted by Crippen LogP contribution is 2.50. The van der Waals surface area contributed by atoms with Crippen molar-refractivity contribution in [1.82, 2.24) is 9.88 Å². The van der Waals surface area contributed by atoms with Crippen LogP contribution in [0, 0.1) is 0 Å². The molecule has 1 aromatic heterocycles. The Kier molecular flexibility index (Phi) is 5.38. The summed E-state index contributed by atoms with van der Waals surface area (Å²) in [7, 11) is 2.05. The minimum absolute atomic E-state index is 0.0928. The van der Waals surface area contributed by atoms with Gasteiger partial charge in [0, 0.05) is 29.6 Å². The van der Waals surface area contributed by atoms with Crippen molar-refractivity contribution in [3.05, 3.63) is 70.7 Å². The van der Waals surface area contributed by atoms with Crippen molar-refractivity contribution in [3.8, 4) is 0 Å². The van der Waals surface area contributed by atoms with E-state index in [2.05, 4.69) is 28.1 Å². The smallest absolute Gasteiger partial charge is 0.269 e. The molecule has 2 aliphatic heterocycles. The maximum atomic E-state index is 13.8. The lowest BCUT2D eigenvalue weighted by molar-refractivity contribution is -0.124. The van der Waals surface area contributed by atoms with Crippen molar-refractivity contribution in [2.24, 2.45) is 4.99 Å². The summed E-state index contributed by atoms with van der Waals surface area (Å²) in [5, 5.41) is 2.85. The summed E-state index contributed by atoms with van der Waals surface area (Å²) >= 11 is 3.20. The lowest BCUT2D eigenvalue weighted by Gasteiger charge is -2.30. The first-order chi connectivity index (χ1) is 16.2. The highest BCUT2D eigenvalue weighted by atomic mass is 32.2. The second-order valence-corrected chi connectivity index (χ2v) is 10.6. The van der Waals surface area contributed by atoms with E-state index in [-0.39, 0.29) is 11.9 Å². The van der Waals surface area contributed by atoms with Crippen LogP contribution in [0.3, 0.4) is 0 Å². The number of hydrogen-bond acceptors (Lipinski definition) is 6. The molecular weight excluding hydrogens is 448 g/mol. The van der Waals surface area contributed by atoms with Gasteiger partial charge in [-0.1, -0.05) is 49.2 Å². The number of rotatable bonds is 2. The number of thioether (sulfide) groups is 2. The number of aromatic nitrogens is 1. The molecule has 1 aliphatic carbocycles. The van der Waals surface area contributed by atoms with Crippen molar-refractivity contribution in [2.75, 3.05) is 11.9 Å². The third kappa shape index (κ3) is 3.73. The first-order valence-electron chi connectivity index (χ1n) is 11.4. The molecule has 2 fully saturated rings. The van der Waals surface area contributed by atoms with Gasteiger partial charge in [-0.05, 0) is 61.0 Å². The Balaban J connectivity index is 1.42. The van der Waals surface area contributed by atoms with E-state index >= 15 is 0 Å². The summed E-state index contributed by atoms with van der Waals surface area (Å²) in [4.78, 5) is 29.3. The number of benzene rings is 2. The number of carbonyl (C=O) groups is 1. The molecule has 2 aromatic carbocycles. The van der Waals surface area contributed by atoms with Gasteiger partial charge >= 0.3 is 0 Å². The van der Waals surface area contributed by atoms with Gasteiger partial charge in [-0.2, -0.15) is 0 Å². The molecule has 3 aromatic rings. The molecular formula is C26H24N4OS2. The van der Waals surface area contributed by atoms with Crippen LogP contribution in [0.2, 0.25) is 0 Å². The number of hydrogen-bond donors (Lipinski definition) is 0. The lowest BCUT2D eigenvalue weighted by atomic mass is 9.94. The summed E-state index contributed by atoms with van der Waals surface area (Å²) in [6, 6.07) is 18.6. The van der Waals surface area contributed by atoms with Crippen molar-refractivity contribution in [2.45, 2.75) is 43.0 Å². The zero-order valence-electron chi connectivity index (χ0n) is 18.4. The zero-order chi connectivity index (χ0) is 22.4. The number of amidine groups is 1. The Morgan fingerprint density at radius 2 is 1.85 bits per heavy atom. The van der Waals surface area contributed by atoms with Gasteiger partial charge in [0.25, 0.3) is 5.91 Å². The quantitative estimate of drug-likeness (QED) is 0.396. The Labute approximate surface area is 202 Å². The third-order valence-corrected chi connectivity index (χ3v) is 8.90. The molecule has 1 amide bonds. The first kappa shape index (κ1) is 20.8. The molecule has 0 unspecified atom stereocenters. The molecule has 0 bridgehead atoms. The van der Waals surface area contributed by atoms with E-state index in [1.165, 1.54) is 35.9 Å². The molecule has 0 radical (unpaired) electrons. The Morgan fingerprint density at radius 1 is 1.00 bits per heavy atom. The molecule has 33 heavy (non-hydrogen) atoms. The molecule has 6 rings (SSSR count). The van der Waals surface area contributed by atoms with Gasteiger partial charge < -0.3 is 4.90 Å². The van der Waals surface area contributed by atoms with Gasteiger partial charge in [-0.15, -0.1) is 0 Å². The van der Waals surface area contributed by atoms with Crippen LogP contribution < -0.4 is 4.90 Å². The van der Waals surface area contributed by atoms with E-state index < -0.39 is 0 Å². The normalized spacial score (nSPS) is 22.6. The second-order valence-electron chi connectivity index (χ2n) is 8.61. The summed E-state index contributed by atoms with van der Waals surface area (Å²) in [5.74, 6) is 0.0928. The van der Waals surface area contributed by atoms with Gasteiger partial charge in [0.05, 0.1) is 21.9 Å². The number of anilines is 1. The van der Waals surface area contributed by atoms with Crippen LogP contribution in [-0.4, -0.2) is 34.0 Å². The lowest BCUT2D eigenvalue weighted by Crippen LogP contribution is -2.40. The SMILES string of the molecule is CN1C(=C2SC(=Nc3ccc4ncccc4c3)N(C3CCCCC3)C2=O)Sc2ccccc21. The summed E-state index contributed by atoms with van der Waals surface area (Å²) in [6.07, 6.45) is 7.46.